The van der Waals surface area contributed by atoms with E-state index in [0.29, 0.717) is 11.5 Å². The number of nitrogen functional groups attached to an aromatic ring is 2. The van der Waals surface area contributed by atoms with Gasteiger partial charge in [-0.1, -0.05) is 0 Å². The van der Waals surface area contributed by atoms with Gasteiger partial charge in [0.05, 0.1) is 24.6 Å². The number of hydrogen-bond donors (Lipinski definition) is 6. The second kappa shape index (κ2) is 7.36. The molecule has 5 atom stereocenters. The van der Waals surface area contributed by atoms with Crippen LogP contribution in [0.25, 0.3) is 0 Å². The summed E-state index contributed by atoms with van der Waals surface area (Å²) >= 11 is 0. The molecule has 0 bridgehead atoms. The Bertz CT molecular complexity index is 377. The number of hydrogen-bond acceptors (Lipinski definition) is 8. The van der Waals surface area contributed by atoms with Crippen LogP contribution in [0.15, 0.2) is 18.3 Å². The topological polar surface area (TPSA) is 155 Å². The first-order valence-corrected chi connectivity index (χ1v) is 6.14. The number of aromatic nitrogens is 1. The normalized spacial score (nSPS) is 33.1. The second-order valence-corrected chi connectivity index (χ2v) is 4.55. The molecule has 8 nitrogen and oxygen atoms in total. The van der Waals surface area contributed by atoms with E-state index in [2.05, 4.69) is 4.98 Å². The van der Waals surface area contributed by atoms with Crippen LogP contribution in [-0.4, -0.2) is 62.5 Å². The van der Waals surface area contributed by atoms with Gasteiger partial charge in [0.1, 0.15) is 30.2 Å². The number of nitrogens with two attached hydrogens (primary N) is 2. The molecule has 2 rings (SSSR count). The van der Waals surface area contributed by atoms with Crippen molar-refractivity contribution in [3.63, 3.8) is 0 Å². The van der Waals surface area contributed by atoms with Crippen LogP contribution in [0.3, 0.4) is 0 Å². The summed E-state index contributed by atoms with van der Waals surface area (Å²) in [6.07, 6.45) is -3.41. The second-order valence-electron chi connectivity index (χ2n) is 4.55. The quantitative estimate of drug-likeness (QED) is 0.350. The molecular weight excluding hydrogens is 266 g/mol. The summed E-state index contributed by atoms with van der Waals surface area (Å²) in [6.45, 7) is 1.21. The maximum Gasteiger partial charge on any atom is 0.123 e. The van der Waals surface area contributed by atoms with E-state index in [0.717, 1.165) is 0 Å². The molecule has 1 aliphatic rings. The Morgan fingerprint density at radius 2 is 1.80 bits per heavy atom. The van der Waals surface area contributed by atoms with Gasteiger partial charge in [0.25, 0.3) is 0 Å². The van der Waals surface area contributed by atoms with Crippen molar-refractivity contribution in [3.8, 4) is 0 Å². The van der Waals surface area contributed by atoms with Gasteiger partial charge in [-0.3, -0.25) is 0 Å². The van der Waals surface area contributed by atoms with Crippen LogP contribution in [0.5, 0.6) is 0 Å². The van der Waals surface area contributed by atoms with Gasteiger partial charge in [0.15, 0.2) is 0 Å². The van der Waals surface area contributed by atoms with E-state index in [4.69, 9.17) is 21.3 Å². The average Bonchev–Trinajstić information content (AvgIpc) is 2.44. The predicted octanol–water partition coefficient (Wildman–Crippen LogP) is -1.91. The summed E-state index contributed by atoms with van der Waals surface area (Å²) in [5.41, 5.74) is 11.2. The standard InChI is InChI=1S/C7H14O5.C5H7N3/c1-3-5(9)7(11)6(10)4(2-8)12-3;6-4-1-2-5(7)8-3-4/h3-11H,2H2,1H3;1-3H,6H2,(H2,7,8). The predicted molar refractivity (Wildman–Crippen MR) is 72.5 cm³/mol. The lowest BCUT2D eigenvalue weighted by Gasteiger charge is -2.38. The highest BCUT2D eigenvalue weighted by atomic mass is 16.5. The minimum Gasteiger partial charge on any atom is -0.397 e. The van der Waals surface area contributed by atoms with Gasteiger partial charge < -0.3 is 36.6 Å². The number of aliphatic hydroxyl groups excluding tert-OH is 4. The molecule has 1 aromatic rings. The van der Waals surface area contributed by atoms with E-state index in [1.54, 1.807) is 19.1 Å². The van der Waals surface area contributed by atoms with Crippen LogP contribution < -0.4 is 11.5 Å². The van der Waals surface area contributed by atoms with Crippen molar-refractivity contribution in [2.45, 2.75) is 37.4 Å². The Balaban J connectivity index is 0.000000217. The maximum atomic E-state index is 9.23. The fourth-order valence-corrected chi connectivity index (χ4v) is 1.70. The Kier molecular flexibility index (Phi) is 6.11. The molecule has 20 heavy (non-hydrogen) atoms. The first-order valence-electron chi connectivity index (χ1n) is 6.14. The third-order valence-electron chi connectivity index (χ3n) is 2.94. The number of ether oxygens (including phenoxy) is 1. The number of pyridine rings is 1. The van der Waals surface area contributed by atoms with Gasteiger partial charge in [-0.25, -0.2) is 4.98 Å². The minimum absolute atomic E-state index is 0.366. The molecule has 0 aliphatic carbocycles. The lowest BCUT2D eigenvalue weighted by atomic mass is 9.96. The van der Waals surface area contributed by atoms with Crippen LogP contribution in [0.2, 0.25) is 0 Å². The van der Waals surface area contributed by atoms with Gasteiger partial charge in [-0.2, -0.15) is 0 Å². The van der Waals surface area contributed by atoms with Crippen LogP contribution >= 0.6 is 0 Å². The van der Waals surface area contributed by atoms with Crippen LogP contribution in [-0.2, 0) is 4.74 Å². The molecule has 0 radical (unpaired) electrons. The largest absolute Gasteiger partial charge is 0.397 e. The van der Waals surface area contributed by atoms with Crippen molar-refractivity contribution >= 4 is 11.5 Å². The minimum atomic E-state index is -1.24. The van der Waals surface area contributed by atoms with Crippen molar-refractivity contribution in [1.82, 2.24) is 4.98 Å². The summed E-state index contributed by atoms with van der Waals surface area (Å²) in [4.78, 5) is 3.73. The van der Waals surface area contributed by atoms with Gasteiger partial charge in [-0.05, 0) is 19.1 Å². The van der Waals surface area contributed by atoms with E-state index in [-0.39, 0.29) is 6.61 Å². The van der Waals surface area contributed by atoms with E-state index < -0.39 is 30.5 Å². The third kappa shape index (κ3) is 4.29. The highest BCUT2D eigenvalue weighted by Gasteiger charge is 2.41. The summed E-state index contributed by atoms with van der Waals surface area (Å²) in [7, 11) is 0. The highest BCUT2D eigenvalue weighted by Crippen LogP contribution is 2.20. The Hall–Kier alpha value is -1.45. The lowest BCUT2D eigenvalue weighted by molar-refractivity contribution is -0.224. The molecule has 0 spiro atoms. The maximum absolute atomic E-state index is 9.23. The first kappa shape index (κ1) is 16.6. The van der Waals surface area contributed by atoms with E-state index in [1.165, 1.54) is 6.20 Å². The van der Waals surface area contributed by atoms with E-state index in [1.807, 2.05) is 0 Å². The number of nitrogens with zero attached hydrogens (tertiary/aromatic N) is 1. The van der Waals surface area contributed by atoms with Gasteiger partial charge >= 0.3 is 0 Å². The molecular formula is C12H21N3O5. The zero-order valence-corrected chi connectivity index (χ0v) is 11.1. The van der Waals surface area contributed by atoms with E-state index >= 15 is 0 Å². The first-order chi connectivity index (χ1) is 9.36. The van der Waals surface area contributed by atoms with Crippen molar-refractivity contribution in [1.29, 1.82) is 0 Å². The molecule has 1 fully saturated rings. The Morgan fingerprint density at radius 1 is 1.15 bits per heavy atom. The summed E-state index contributed by atoms with van der Waals surface area (Å²) in [6, 6.07) is 3.37. The fraction of sp³-hybridized carbons (Fsp3) is 0.583. The molecule has 2 heterocycles. The molecule has 1 aliphatic heterocycles. The average molecular weight is 287 g/mol. The molecule has 5 unspecified atom stereocenters. The zero-order chi connectivity index (χ0) is 15.3. The molecule has 8 heteroatoms. The smallest absolute Gasteiger partial charge is 0.123 e. The van der Waals surface area contributed by atoms with E-state index in [9.17, 15) is 15.3 Å². The van der Waals surface area contributed by atoms with Crippen LogP contribution in [0, 0.1) is 0 Å². The molecule has 8 N–H and O–H groups in total. The summed E-state index contributed by atoms with van der Waals surface area (Å²) < 4.78 is 5.02. The number of aliphatic hydroxyl groups is 4. The van der Waals surface area contributed by atoms with Crippen molar-refractivity contribution < 1.29 is 25.2 Å². The fourth-order valence-electron chi connectivity index (χ4n) is 1.70. The van der Waals surface area contributed by atoms with Crippen LogP contribution in [0.1, 0.15) is 6.92 Å². The highest BCUT2D eigenvalue weighted by molar-refractivity contribution is 5.40. The number of anilines is 2. The van der Waals surface area contributed by atoms with Crippen molar-refractivity contribution in [2.24, 2.45) is 0 Å². The van der Waals surface area contributed by atoms with Gasteiger partial charge in [-0.15, -0.1) is 0 Å². The number of rotatable bonds is 1. The molecule has 0 saturated carbocycles. The zero-order valence-electron chi connectivity index (χ0n) is 11.1. The third-order valence-corrected chi connectivity index (χ3v) is 2.94. The van der Waals surface area contributed by atoms with Crippen molar-refractivity contribution in [2.75, 3.05) is 18.1 Å². The SMILES string of the molecule is CC1OC(CO)C(O)C(O)C1O.Nc1ccc(N)nc1. The molecule has 114 valence electrons. The molecule has 1 saturated heterocycles. The monoisotopic (exact) mass is 287 g/mol. The van der Waals surface area contributed by atoms with Crippen molar-refractivity contribution in [3.05, 3.63) is 18.3 Å². The van der Waals surface area contributed by atoms with Gasteiger partial charge in [0, 0.05) is 0 Å². The summed E-state index contributed by atoms with van der Waals surface area (Å²) in [5, 5.41) is 36.4. The lowest BCUT2D eigenvalue weighted by Crippen LogP contribution is -2.57. The Labute approximate surface area is 116 Å². The summed E-state index contributed by atoms with van der Waals surface area (Å²) in [5.74, 6) is 0.499. The van der Waals surface area contributed by atoms with Crippen LogP contribution in [0.4, 0.5) is 11.5 Å². The molecule has 0 aromatic carbocycles. The van der Waals surface area contributed by atoms with Gasteiger partial charge in [0.2, 0.25) is 0 Å². The molecule has 1 aromatic heterocycles. The Morgan fingerprint density at radius 3 is 2.25 bits per heavy atom. The molecule has 0 amide bonds.